The van der Waals surface area contributed by atoms with Crippen molar-refractivity contribution in [1.82, 2.24) is 14.7 Å². The van der Waals surface area contributed by atoms with Crippen LogP contribution in [0, 0.1) is 0 Å². The average molecular weight is 259 g/mol. The quantitative estimate of drug-likeness (QED) is 0.845. The van der Waals surface area contributed by atoms with Gasteiger partial charge in [0.1, 0.15) is 0 Å². The first-order valence-corrected chi connectivity index (χ1v) is 7.63. The van der Waals surface area contributed by atoms with E-state index >= 15 is 0 Å². The second-order valence-electron chi connectivity index (χ2n) is 5.40. The molecule has 0 aromatic carbocycles. The van der Waals surface area contributed by atoms with Crippen molar-refractivity contribution in [3.05, 3.63) is 39.8 Å². The van der Waals surface area contributed by atoms with Gasteiger partial charge in [0.25, 0.3) is 0 Å². The van der Waals surface area contributed by atoms with Crippen LogP contribution in [0.25, 0.3) is 0 Å². The number of thiophene rings is 1. The normalized spacial score (nSPS) is 20.0. The summed E-state index contributed by atoms with van der Waals surface area (Å²) in [5, 5.41) is 9.15. The molecule has 0 N–H and O–H groups in total. The Bertz CT molecular complexity index is 539. The Balaban J connectivity index is 1.50. The minimum atomic E-state index is 0.772. The predicted molar refractivity (Wildman–Crippen MR) is 72.6 cm³/mol. The van der Waals surface area contributed by atoms with Crippen molar-refractivity contribution in [2.75, 3.05) is 6.54 Å². The monoisotopic (exact) mass is 259 g/mol. The molecule has 3 nitrogen and oxygen atoms in total. The molecular weight excluding hydrogens is 242 g/mol. The molecule has 94 valence electrons. The zero-order chi connectivity index (χ0) is 11.9. The zero-order valence-electron chi connectivity index (χ0n) is 10.4. The van der Waals surface area contributed by atoms with Crippen LogP contribution in [-0.4, -0.2) is 21.2 Å². The molecule has 0 bridgehead atoms. The summed E-state index contributed by atoms with van der Waals surface area (Å²) in [6.07, 6.45) is 2.68. The highest BCUT2D eigenvalue weighted by molar-refractivity contribution is 7.07. The molecule has 18 heavy (non-hydrogen) atoms. The van der Waals surface area contributed by atoms with E-state index in [-0.39, 0.29) is 0 Å². The summed E-state index contributed by atoms with van der Waals surface area (Å²) in [5.41, 5.74) is 4.18. The highest BCUT2D eigenvalue weighted by Crippen LogP contribution is 2.39. The van der Waals surface area contributed by atoms with Crippen molar-refractivity contribution in [3.63, 3.8) is 0 Å². The molecule has 2 aromatic rings. The molecule has 2 aromatic heterocycles. The molecule has 4 rings (SSSR count). The fourth-order valence-corrected chi connectivity index (χ4v) is 3.36. The lowest BCUT2D eigenvalue weighted by Gasteiger charge is -2.27. The molecule has 2 aliphatic rings. The maximum absolute atomic E-state index is 4.74. The lowest BCUT2D eigenvalue weighted by Crippen LogP contribution is -2.33. The molecule has 0 radical (unpaired) electrons. The number of fused-ring (bicyclic) bond motifs is 1. The van der Waals surface area contributed by atoms with Gasteiger partial charge >= 0.3 is 0 Å². The van der Waals surface area contributed by atoms with Crippen LogP contribution in [0.4, 0.5) is 0 Å². The molecule has 1 saturated carbocycles. The second-order valence-corrected chi connectivity index (χ2v) is 6.18. The molecule has 0 atom stereocenters. The molecule has 3 heterocycles. The number of rotatable bonds is 3. The van der Waals surface area contributed by atoms with Crippen molar-refractivity contribution in [2.45, 2.75) is 38.4 Å². The van der Waals surface area contributed by atoms with E-state index < -0.39 is 0 Å². The van der Waals surface area contributed by atoms with Gasteiger partial charge in [-0.2, -0.15) is 16.4 Å². The van der Waals surface area contributed by atoms with Crippen LogP contribution in [0.5, 0.6) is 0 Å². The van der Waals surface area contributed by atoms with Gasteiger partial charge in [0, 0.05) is 25.6 Å². The molecule has 0 amide bonds. The molecule has 4 heteroatoms. The number of hydrogen-bond donors (Lipinski definition) is 0. The van der Waals surface area contributed by atoms with Crippen molar-refractivity contribution < 1.29 is 0 Å². The van der Waals surface area contributed by atoms with E-state index in [1.165, 1.54) is 29.8 Å². The van der Waals surface area contributed by atoms with E-state index in [4.69, 9.17) is 5.10 Å². The first-order valence-electron chi connectivity index (χ1n) is 6.68. The highest BCUT2D eigenvalue weighted by atomic mass is 32.1. The summed E-state index contributed by atoms with van der Waals surface area (Å²) in [4.78, 5) is 2.52. The summed E-state index contributed by atoms with van der Waals surface area (Å²) in [6.45, 7) is 4.30. The van der Waals surface area contributed by atoms with Crippen LogP contribution < -0.4 is 0 Å². The van der Waals surface area contributed by atoms with Crippen molar-refractivity contribution >= 4 is 11.3 Å². The minimum absolute atomic E-state index is 0.772. The summed E-state index contributed by atoms with van der Waals surface area (Å²) in [6, 6.07) is 4.56. The van der Waals surface area contributed by atoms with Crippen molar-refractivity contribution in [3.8, 4) is 0 Å². The molecule has 0 saturated heterocycles. The smallest absolute Gasteiger partial charge is 0.0658 e. The van der Waals surface area contributed by atoms with Crippen LogP contribution in [0.2, 0.25) is 0 Å². The third kappa shape index (κ3) is 1.99. The summed E-state index contributed by atoms with van der Waals surface area (Å²) < 4.78 is 2.22. The molecule has 1 aliphatic heterocycles. The van der Waals surface area contributed by atoms with Gasteiger partial charge in [-0.25, -0.2) is 0 Å². The fraction of sp³-hybridized carbons (Fsp3) is 0.500. The molecule has 0 spiro atoms. The van der Waals surface area contributed by atoms with Gasteiger partial charge in [0.05, 0.1) is 17.9 Å². The van der Waals surface area contributed by atoms with Crippen molar-refractivity contribution in [2.24, 2.45) is 0 Å². The Hall–Kier alpha value is -1.13. The first-order chi connectivity index (χ1) is 8.88. The fourth-order valence-electron chi connectivity index (χ4n) is 2.70. The SMILES string of the molecule is c1cc(CN2CCn3nc(C4CC4)cc3C2)cs1. The number of nitrogens with zero attached hydrogens (tertiary/aromatic N) is 3. The standard InChI is InChI=1S/C14H17N3S/c1-2-12(1)14-7-13-9-16(4-5-17(13)15-14)8-11-3-6-18-10-11/h3,6-7,10,12H,1-2,4-5,8-9H2. The highest BCUT2D eigenvalue weighted by Gasteiger charge is 2.28. The summed E-state index contributed by atoms with van der Waals surface area (Å²) >= 11 is 1.79. The Morgan fingerprint density at radius 3 is 3.06 bits per heavy atom. The van der Waals surface area contributed by atoms with Gasteiger partial charge in [0.2, 0.25) is 0 Å². The Morgan fingerprint density at radius 1 is 1.33 bits per heavy atom. The Labute approximate surface area is 111 Å². The maximum Gasteiger partial charge on any atom is 0.0658 e. The number of hydrogen-bond acceptors (Lipinski definition) is 3. The van der Waals surface area contributed by atoms with E-state index in [9.17, 15) is 0 Å². The van der Waals surface area contributed by atoms with E-state index in [0.29, 0.717) is 0 Å². The number of aromatic nitrogens is 2. The first kappa shape index (κ1) is 10.8. The van der Waals surface area contributed by atoms with E-state index in [1.807, 2.05) is 0 Å². The van der Waals surface area contributed by atoms with Gasteiger partial charge in [-0.3, -0.25) is 9.58 Å². The largest absolute Gasteiger partial charge is 0.291 e. The predicted octanol–water partition coefficient (Wildman–Crippen LogP) is 2.84. The molecular formula is C14H17N3S. The maximum atomic E-state index is 4.74. The zero-order valence-corrected chi connectivity index (χ0v) is 11.2. The lowest BCUT2D eigenvalue weighted by molar-refractivity contribution is 0.205. The lowest BCUT2D eigenvalue weighted by atomic mass is 10.2. The van der Waals surface area contributed by atoms with E-state index in [1.54, 1.807) is 11.3 Å². The summed E-state index contributed by atoms with van der Waals surface area (Å²) in [7, 11) is 0. The van der Waals surface area contributed by atoms with Gasteiger partial charge < -0.3 is 0 Å². The van der Waals surface area contributed by atoms with E-state index in [2.05, 4.69) is 32.5 Å². The summed E-state index contributed by atoms with van der Waals surface area (Å²) in [5.74, 6) is 0.772. The molecule has 1 aliphatic carbocycles. The van der Waals surface area contributed by atoms with Crippen LogP contribution in [0.3, 0.4) is 0 Å². The van der Waals surface area contributed by atoms with Crippen LogP contribution in [0.1, 0.15) is 35.7 Å². The minimum Gasteiger partial charge on any atom is -0.291 e. The second kappa shape index (κ2) is 4.21. The van der Waals surface area contributed by atoms with Gasteiger partial charge in [-0.15, -0.1) is 0 Å². The van der Waals surface area contributed by atoms with Crippen LogP contribution >= 0.6 is 11.3 Å². The Kier molecular flexibility index (Phi) is 2.52. The van der Waals surface area contributed by atoms with E-state index in [0.717, 1.165) is 32.1 Å². The van der Waals surface area contributed by atoms with Crippen molar-refractivity contribution in [1.29, 1.82) is 0 Å². The van der Waals surface area contributed by atoms with Gasteiger partial charge in [-0.1, -0.05) is 0 Å². The third-order valence-corrected chi connectivity index (χ3v) is 4.61. The third-order valence-electron chi connectivity index (χ3n) is 3.88. The topological polar surface area (TPSA) is 21.1 Å². The van der Waals surface area contributed by atoms with Crippen LogP contribution in [0.15, 0.2) is 22.9 Å². The van der Waals surface area contributed by atoms with Crippen LogP contribution in [-0.2, 0) is 19.6 Å². The molecule has 1 fully saturated rings. The average Bonchev–Trinajstić information content (AvgIpc) is 2.95. The van der Waals surface area contributed by atoms with Gasteiger partial charge in [0.15, 0.2) is 0 Å². The Morgan fingerprint density at radius 2 is 2.28 bits per heavy atom. The molecule has 0 unspecified atom stereocenters. The van der Waals surface area contributed by atoms with Gasteiger partial charge in [-0.05, 0) is 41.3 Å².